The first-order valence-corrected chi connectivity index (χ1v) is 8.92. The van der Waals surface area contributed by atoms with Crippen LogP contribution in [0.25, 0.3) is 17.0 Å². The number of aromatic nitrogens is 1. The smallest absolute Gasteiger partial charge is 0.352 e. The number of anilines is 1. The number of aliphatic carboxylic acids is 1. The Morgan fingerprint density at radius 2 is 1.88 bits per heavy atom. The minimum atomic E-state index is -1.20. The van der Waals surface area contributed by atoms with Crippen LogP contribution in [0, 0.1) is 0 Å². The number of hydrogen-bond donors (Lipinski definition) is 4. The molecule has 0 aliphatic rings. The zero-order valence-electron chi connectivity index (χ0n) is 13.1. The van der Waals surface area contributed by atoms with Gasteiger partial charge in [0, 0.05) is 22.8 Å². The van der Waals surface area contributed by atoms with Crippen LogP contribution >= 0.6 is 31.9 Å². The van der Waals surface area contributed by atoms with Crippen LogP contribution in [-0.2, 0) is 4.79 Å². The molecule has 0 spiro atoms. The molecule has 1 aromatic heterocycles. The summed E-state index contributed by atoms with van der Waals surface area (Å²) in [6, 6.07) is 10.4. The van der Waals surface area contributed by atoms with Gasteiger partial charge in [0.15, 0.2) is 0 Å². The van der Waals surface area contributed by atoms with Gasteiger partial charge < -0.3 is 20.6 Å². The van der Waals surface area contributed by atoms with Crippen molar-refractivity contribution in [1.29, 1.82) is 0 Å². The van der Waals surface area contributed by atoms with Crippen LogP contribution in [0.15, 0.2) is 57.2 Å². The number of carboxylic acids is 1. The van der Waals surface area contributed by atoms with Gasteiger partial charge in [-0.1, -0.05) is 6.07 Å². The van der Waals surface area contributed by atoms with Crippen molar-refractivity contribution in [1.82, 2.24) is 4.98 Å². The van der Waals surface area contributed by atoms with E-state index in [9.17, 15) is 20.1 Å². The van der Waals surface area contributed by atoms with Crippen molar-refractivity contribution in [2.45, 2.75) is 0 Å². The molecule has 0 aliphatic carbocycles. The highest BCUT2D eigenvalue weighted by molar-refractivity contribution is 9.11. The molecule has 3 aromatic rings. The van der Waals surface area contributed by atoms with Crippen LogP contribution in [0.3, 0.4) is 0 Å². The fourth-order valence-corrected chi connectivity index (χ4v) is 3.50. The van der Waals surface area contributed by atoms with E-state index in [0.29, 0.717) is 10.2 Å². The minimum absolute atomic E-state index is 0.0691. The predicted molar refractivity (Wildman–Crippen MR) is 106 cm³/mol. The van der Waals surface area contributed by atoms with E-state index in [4.69, 9.17) is 0 Å². The lowest BCUT2D eigenvalue weighted by Gasteiger charge is -2.11. The third-order valence-corrected chi connectivity index (χ3v) is 4.97. The van der Waals surface area contributed by atoms with Gasteiger partial charge in [0.2, 0.25) is 0 Å². The second-order valence-electron chi connectivity index (χ2n) is 5.36. The molecule has 0 amide bonds. The van der Waals surface area contributed by atoms with Gasteiger partial charge in [0.25, 0.3) is 0 Å². The Morgan fingerprint density at radius 1 is 1.12 bits per heavy atom. The maximum atomic E-state index is 11.6. The lowest BCUT2D eigenvalue weighted by molar-refractivity contribution is -0.132. The fraction of sp³-hybridized carbons (Fsp3) is 0. The molecule has 0 fully saturated rings. The molecule has 6 nitrogen and oxygen atoms in total. The molecular weight excluding hydrogens is 468 g/mol. The standard InChI is InChI=1S/C18H12Br2N2O4/c19-12-7-10(16(23)15(20)17(12)24)8-14(18(25)26)22-11-3-4-13-9(6-11)2-1-5-21-13/h1-8,22-24H,(H,25,26). The van der Waals surface area contributed by atoms with Gasteiger partial charge in [0.05, 0.1) is 9.99 Å². The number of halogens is 2. The summed E-state index contributed by atoms with van der Waals surface area (Å²) in [5, 5.41) is 33.1. The van der Waals surface area contributed by atoms with Gasteiger partial charge in [-0.3, -0.25) is 4.98 Å². The van der Waals surface area contributed by atoms with E-state index >= 15 is 0 Å². The number of carboxylic acid groups (broad SMARTS) is 1. The van der Waals surface area contributed by atoms with Crippen molar-refractivity contribution in [3.05, 3.63) is 62.8 Å². The first-order chi connectivity index (χ1) is 12.4. The van der Waals surface area contributed by atoms with Gasteiger partial charge in [-0.05, 0) is 68.3 Å². The zero-order chi connectivity index (χ0) is 18.8. The summed E-state index contributed by atoms with van der Waals surface area (Å²) in [7, 11) is 0. The number of pyridine rings is 1. The molecule has 0 aliphatic heterocycles. The SMILES string of the molecule is O=C(O)C(=Cc1cc(Br)c(O)c(Br)c1O)Nc1ccc2ncccc2c1. The molecule has 26 heavy (non-hydrogen) atoms. The van der Waals surface area contributed by atoms with Crippen LogP contribution < -0.4 is 5.32 Å². The number of aromatic hydroxyl groups is 2. The van der Waals surface area contributed by atoms with Crippen molar-refractivity contribution in [2.75, 3.05) is 5.32 Å². The largest absolute Gasteiger partial charge is 0.506 e. The van der Waals surface area contributed by atoms with Crippen molar-refractivity contribution in [3.8, 4) is 11.5 Å². The molecule has 0 atom stereocenters. The Balaban J connectivity index is 2.01. The second kappa shape index (κ2) is 7.35. The van der Waals surface area contributed by atoms with Gasteiger partial charge >= 0.3 is 5.97 Å². The van der Waals surface area contributed by atoms with Crippen molar-refractivity contribution in [3.63, 3.8) is 0 Å². The number of rotatable bonds is 4. The van der Waals surface area contributed by atoms with Gasteiger partial charge in [-0.25, -0.2) is 4.79 Å². The van der Waals surface area contributed by atoms with E-state index < -0.39 is 5.97 Å². The Bertz CT molecular complexity index is 1050. The lowest BCUT2D eigenvalue weighted by Crippen LogP contribution is -2.10. The van der Waals surface area contributed by atoms with E-state index in [-0.39, 0.29) is 27.2 Å². The van der Waals surface area contributed by atoms with Crippen LogP contribution in [0.1, 0.15) is 5.56 Å². The summed E-state index contributed by atoms with van der Waals surface area (Å²) in [5.74, 6) is -1.64. The number of phenolic OH excluding ortho intramolecular Hbond substituents is 2. The van der Waals surface area contributed by atoms with E-state index in [1.54, 1.807) is 30.5 Å². The second-order valence-corrected chi connectivity index (χ2v) is 7.01. The summed E-state index contributed by atoms with van der Waals surface area (Å²) < 4.78 is 0.384. The predicted octanol–water partition coefficient (Wildman–Crippen LogP) is 4.71. The van der Waals surface area contributed by atoms with Crippen LogP contribution in [0.5, 0.6) is 11.5 Å². The quantitative estimate of drug-likeness (QED) is 0.404. The number of nitrogens with one attached hydrogen (secondary N) is 1. The molecule has 8 heteroatoms. The lowest BCUT2D eigenvalue weighted by atomic mass is 10.1. The van der Waals surface area contributed by atoms with Gasteiger partial charge in [-0.15, -0.1) is 0 Å². The normalized spacial score (nSPS) is 11.5. The van der Waals surface area contributed by atoms with Crippen LogP contribution in [-0.4, -0.2) is 26.3 Å². The molecule has 2 aromatic carbocycles. The van der Waals surface area contributed by atoms with Crippen LogP contribution in [0.4, 0.5) is 5.69 Å². The molecule has 3 rings (SSSR count). The average molecular weight is 480 g/mol. The molecular formula is C18H12Br2N2O4. The minimum Gasteiger partial charge on any atom is -0.506 e. The number of fused-ring (bicyclic) bond motifs is 1. The number of phenols is 2. The topological polar surface area (TPSA) is 103 Å². The molecule has 0 radical (unpaired) electrons. The van der Waals surface area contributed by atoms with E-state index in [0.717, 1.165) is 10.9 Å². The maximum absolute atomic E-state index is 11.6. The number of benzene rings is 2. The highest BCUT2D eigenvalue weighted by atomic mass is 79.9. The van der Waals surface area contributed by atoms with Crippen molar-refractivity contribution >= 4 is 60.5 Å². The summed E-state index contributed by atoms with van der Waals surface area (Å²) in [4.78, 5) is 15.8. The Kier molecular flexibility index (Phi) is 5.15. The molecule has 4 N–H and O–H groups in total. The molecule has 0 saturated heterocycles. The van der Waals surface area contributed by atoms with Crippen molar-refractivity contribution in [2.24, 2.45) is 0 Å². The highest BCUT2D eigenvalue weighted by Crippen LogP contribution is 2.42. The Morgan fingerprint density at radius 3 is 2.62 bits per heavy atom. The molecule has 0 saturated carbocycles. The first-order valence-electron chi connectivity index (χ1n) is 7.33. The van der Waals surface area contributed by atoms with Crippen molar-refractivity contribution < 1.29 is 20.1 Å². The molecule has 0 unspecified atom stereocenters. The summed E-state index contributed by atoms with van der Waals surface area (Å²) in [6.07, 6.45) is 2.96. The van der Waals surface area contributed by atoms with Crippen LogP contribution in [0.2, 0.25) is 0 Å². The molecule has 132 valence electrons. The Labute approximate surface area is 165 Å². The van der Waals surface area contributed by atoms with E-state index in [2.05, 4.69) is 42.2 Å². The monoisotopic (exact) mass is 478 g/mol. The fourth-order valence-electron chi connectivity index (χ4n) is 2.34. The molecule has 1 heterocycles. The highest BCUT2D eigenvalue weighted by Gasteiger charge is 2.15. The summed E-state index contributed by atoms with van der Waals surface area (Å²) >= 11 is 6.22. The Hall–Kier alpha value is -2.58. The van der Waals surface area contributed by atoms with E-state index in [1.165, 1.54) is 12.1 Å². The number of nitrogens with zero attached hydrogens (tertiary/aromatic N) is 1. The number of carbonyl (C=O) groups is 1. The summed E-state index contributed by atoms with van der Waals surface area (Å²) in [6.45, 7) is 0. The third-order valence-electron chi connectivity index (χ3n) is 3.61. The average Bonchev–Trinajstić information content (AvgIpc) is 2.63. The summed E-state index contributed by atoms with van der Waals surface area (Å²) in [5.41, 5.74) is 1.43. The first kappa shape index (κ1) is 18.2. The molecule has 0 bridgehead atoms. The maximum Gasteiger partial charge on any atom is 0.352 e. The van der Waals surface area contributed by atoms with E-state index in [1.807, 2.05) is 6.07 Å². The third kappa shape index (κ3) is 3.66. The zero-order valence-corrected chi connectivity index (χ0v) is 16.2. The number of hydrogen-bond acceptors (Lipinski definition) is 5. The van der Waals surface area contributed by atoms with Gasteiger partial charge in [-0.2, -0.15) is 0 Å². The van der Waals surface area contributed by atoms with Gasteiger partial charge in [0.1, 0.15) is 21.7 Å².